The quantitative estimate of drug-likeness (QED) is 0.847. The molecular formula is C11H9F2N3. The Kier molecular flexibility index (Phi) is 2.35. The Bertz CT molecular complexity index is 566. The molecule has 0 fully saturated rings. The minimum atomic E-state index is -3.11. The number of aromatic nitrogens is 2. The number of nitrogens with zero attached hydrogens (tertiary/aromatic N) is 2. The maximum absolute atomic E-state index is 13.4. The average molecular weight is 221 g/mol. The van der Waals surface area contributed by atoms with Gasteiger partial charge in [-0.2, -0.15) is 5.26 Å². The smallest absolute Gasteiger partial charge is 0.286 e. The van der Waals surface area contributed by atoms with Crippen molar-refractivity contribution in [3.8, 4) is 6.07 Å². The van der Waals surface area contributed by atoms with E-state index in [-0.39, 0.29) is 5.56 Å². The zero-order chi connectivity index (χ0) is 11.8. The minimum absolute atomic E-state index is 0.162. The molecule has 1 aromatic heterocycles. The van der Waals surface area contributed by atoms with Crippen molar-refractivity contribution in [1.29, 1.82) is 5.26 Å². The second-order valence-electron chi connectivity index (χ2n) is 3.59. The summed E-state index contributed by atoms with van der Waals surface area (Å²) >= 11 is 0. The Morgan fingerprint density at radius 3 is 2.94 bits per heavy atom. The van der Waals surface area contributed by atoms with E-state index in [0.717, 1.165) is 0 Å². The van der Waals surface area contributed by atoms with Gasteiger partial charge in [-0.25, -0.2) is 13.8 Å². The van der Waals surface area contributed by atoms with Gasteiger partial charge in [0.15, 0.2) is 0 Å². The molecule has 0 unspecified atom stereocenters. The van der Waals surface area contributed by atoms with Crippen LogP contribution in [0, 0.1) is 18.3 Å². The van der Waals surface area contributed by atoms with Crippen LogP contribution in [-0.2, 0) is 5.92 Å². The lowest BCUT2D eigenvalue weighted by Gasteiger charge is -2.12. The standard InChI is InChI=1S/C11H9F2N3/c1-7-15-9-3-2-8(6-10(9)16-7)11(12,13)4-5-14/h2-3,6H,4H2,1H3,(H,15,16). The van der Waals surface area contributed by atoms with Crippen LogP contribution in [0.3, 0.4) is 0 Å². The molecule has 1 N–H and O–H groups in total. The van der Waals surface area contributed by atoms with Gasteiger partial charge in [0.05, 0.1) is 17.1 Å². The number of H-pyrrole nitrogens is 1. The molecule has 0 amide bonds. The van der Waals surface area contributed by atoms with Crippen LogP contribution in [0.1, 0.15) is 17.8 Å². The molecule has 0 aliphatic carbocycles. The van der Waals surface area contributed by atoms with E-state index in [9.17, 15) is 8.78 Å². The fraction of sp³-hybridized carbons (Fsp3) is 0.273. The third-order valence-corrected chi connectivity index (χ3v) is 2.32. The molecule has 2 aromatic rings. The van der Waals surface area contributed by atoms with Gasteiger partial charge >= 0.3 is 0 Å². The Hall–Kier alpha value is -1.96. The van der Waals surface area contributed by atoms with Crippen LogP contribution in [0.2, 0.25) is 0 Å². The van der Waals surface area contributed by atoms with Gasteiger partial charge in [0.2, 0.25) is 0 Å². The highest BCUT2D eigenvalue weighted by Crippen LogP contribution is 2.32. The van der Waals surface area contributed by atoms with E-state index in [0.29, 0.717) is 16.9 Å². The molecule has 0 aliphatic rings. The summed E-state index contributed by atoms with van der Waals surface area (Å²) in [6, 6.07) is 5.66. The first kappa shape index (κ1) is 10.6. The molecule has 0 spiro atoms. The molecule has 0 bridgehead atoms. The highest BCUT2D eigenvalue weighted by atomic mass is 19.3. The predicted molar refractivity (Wildman–Crippen MR) is 55.0 cm³/mol. The van der Waals surface area contributed by atoms with Crippen LogP contribution in [0.15, 0.2) is 18.2 Å². The Labute approximate surface area is 90.7 Å². The largest absolute Gasteiger partial charge is 0.342 e. The van der Waals surface area contributed by atoms with E-state index in [1.54, 1.807) is 6.92 Å². The fourth-order valence-electron chi connectivity index (χ4n) is 1.57. The third kappa shape index (κ3) is 1.74. The first-order valence-corrected chi connectivity index (χ1v) is 4.74. The van der Waals surface area contributed by atoms with E-state index in [1.165, 1.54) is 24.3 Å². The summed E-state index contributed by atoms with van der Waals surface area (Å²) in [6.45, 7) is 1.76. The number of hydrogen-bond donors (Lipinski definition) is 1. The molecule has 2 rings (SSSR count). The summed E-state index contributed by atoms with van der Waals surface area (Å²) in [5.74, 6) is -2.43. The van der Waals surface area contributed by atoms with Gasteiger partial charge in [-0.3, -0.25) is 0 Å². The lowest BCUT2D eigenvalue weighted by Crippen LogP contribution is -2.11. The van der Waals surface area contributed by atoms with Crippen molar-refractivity contribution in [3.63, 3.8) is 0 Å². The van der Waals surface area contributed by atoms with Gasteiger partial charge in [-0.05, 0) is 19.1 Å². The zero-order valence-corrected chi connectivity index (χ0v) is 8.59. The van der Waals surface area contributed by atoms with Crippen molar-refractivity contribution in [1.82, 2.24) is 9.97 Å². The monoisotopic (exact) mass is 221 g/mol. The summed E-state index contributed by atoms with van der Waals surface area (Å²) in [4.78, 5) is 7.00. The molecular weight excluding hydrogens is 212 g/mol. The Balaban J connectivity index is 2.50. The molecule has 5 heteroatoms. The first-order chi connectivity index (χ1) is 7.53. The SMILES string of the molecule is Cc1nc2ccc(C(F)(F)CC#N)cc2[nH]1. The molecule has 0 saturated heterocycles. The van der Waals surface area contributed by atoms with Crippen LogP contribution in [0.4, 0.5) is 8.78 Å². The molecule has 16 heavy (non-hydrogen) atoms. The van der Waals surface area contributed by atoms with Gasteiger partial charge < -0.3 is 4.98 Å². The van der Waals surface area contributed by atoms with Gasteiger partial charge in [-0.15, -0.1) is 0 Å². The Morgan fingerprint density at radius 2 is 2.25 bits per heavy atom. The molecule has 1 aromatic carbocycles. The van der Waals surface area contributed by atoms with E-state index in [4.69, 9.17) is 5.26 Å². The molecule has 82 valence electrons. The number of benzene rings is 1. The Morgan fingerprint density at radius 1 is 1.50 bits per heavy atom. The van der Waals surface area contributed by atoms with Crippen molar-refractivity contribution >= 4 is 11.0 Å². The summed E-state index contributed by atoms with van der Waals surface area (Å²) < 4.78 is 26.9. The van der Waals surface area contributed by atoms with Crippen LogP contribution in [0.25, 0.3) is 11.0 Å². The highest BCUT2D eigenvalue weighted by molar-refractivity contribution is 5.76. The lowest BCUT2D eigenvalue weighted by molar-refractivity contribution is 0.00107. The second-order valence-corrected chi connectivity index (χ2v) is 3.59. The first-order valence-electron chi connectivity index (χ1n) is 4.74. The zero-order valence-electron chi connectivity index (χ0n) is 8.59. The van der Waals surface area contributed by atoms with Gasteiger partial charge in [0.1, 0.15) is 12.2 Å². The number of fused-ring (bicyclic) bond motifs is 1. The van der Waals surface area contributed by atoms with Crippen LogP contribution < -0.4 is 0 Å². The van der Waals surface area contributed by atoms with Gasteiger partial charge in [0, 0.05) is 5.56 Å². The summed E-state index contributed by atoms with van der Waals surface area (Å²) in [5, 5.41) is 8.33. The van der Waals surface area contributed by atoms with Gasteiger partial charge in [-0.1, -0.05) is 6.07 Å². The number of nitriles is 1. The molecule has 1 heterocycles. The normalized spacial score (nSPS) is 11.6. The second kappa shape index (κ2) is 3.56. The minimum Gasteiger partial charge on any atom is -0.342 e. The van der Waals surface area contributed by atoms with Crippen molar-refractivity contribution in [3.05, 3.63) is 29.6 Å². The third-order valence-electron chi connectivity index (χ3n) is 2.32. The predicted octanol–water partition coefficient (Wildman–Crippen LogP) is 2.88. The van der Waals surface area contributed by atoms with E-state index in [2.05, 4.69) is 9.97 Å². The summed E-state index contributed by atoms with van der Waals surface area (Å²) in [7, 11) is 0. The number of imidazole rings is 1. The number of halogens is 2. The van der Waals surface area contributed by atoms with Crippen molar-refractivity contribution in [2.45, 2.75) is 19.3 Å². The van der Waals surface area contributed by atoms with Crippen molar-refractivity contribution in [2.75, 3.05) is 0 Å². The van der Waals surface area contributed by atoms with Crippen LogP contribution in [0.5, 0.6) is 0 Å². The van der Waals surface area contributed by atoms with E-state index >= 15 is 0 Å². The number of hydrogen-bond acceptors (Lipinski definition) is 2. The maximum Gasteiger partial charge on any atom is 0.286 e. The van der Waals surface area contributed by atoms with Crippen LogP contribution >= 0.6 is 0 Å². The number of aromatic amines is 1. The highest BCUT2D eigenvalue weighted by Gasteiger charge is 2.31. The van der Waals surface area contributed by atoms with Crippen molar-refractivity contribution in [2.24, 2.45) is 0 Å². The average Bonchev–Trinajstić information content (AvgIpc) is 2.56. The lowest BCUT2D eigenvalue weighted by atomic mass is 10.1. The maximum atomic E-state index is 13.4. The molecule has 0 saturated carbocycles. The molecule has 0 atom stereocenters. The fourth-order valence-corrected chi connectivity index (χ4v) is 1.57. The topological polar surface area (TPSA) is 52.5 Å². The molecule has 0 radical (unpaired) electrons. The van der Waals surface area contributed by atoms with E-state index < -0.39 is 12.3 Å². The molecule has 3 nitrogen and oxygen atoms in total. The number of aryl methyl sites for hydroxylation is 1. The van der Waals surface area contributed by atoms with E-state index in [1.807, 2.05) is 0 Å². The summed E-state index contributed by atoms with van der Waals surface area (Å²) in [6.07, 6.45) is -0.814. The number of alkyl halides is 2. The number of nitrogens with one attached hydrogen (secondary N) is 1. The number of rotatable bonds is 2. The molecule has 0 aliphatic heterocycles. The van der Waals surface area contributed by atoms with Crippen molar-refractivity contribution < 1.29 is 8.78 Å². The van der Waals surface area contributed by atoms with Crippen LogP contribution in [-0.4, -0.2) is 9.97 Å². The summed E-state index contributed by atoms with van der Waals surface area (Å²) in [5.41, 5.74) is 1.05. The van der Waals surface area contributed by atoms with Gasteiger partial charge in [0.25, 0.3) is 5.92 Å².